The van der Waals surface area contributed by atoms with Gasteiger partial charge >= 0.3 is 0 Å². The van der Waals surface area contributed by atoms with Crippen LogP contribution < -0.4 is 10.1 Å². The topological polar surface area (TPSA) is 34.1 Å². The molecule has 0 aliphatic heterocycles. The molecular weight excluding hydrogens is 200 g/mol. The van der Waals surface area contributed by atoms with Gasteiger partial charge in [0, 0.05) is 6.54 Å². The van der Waals surface area contributed by atoms with Crippen LogP contribution in [0.25, 0.3) is 0 Å². The fourth-order valence-corrected chi connectivity index (χ4v) is 2.17. The summed E-state index contributed by atoms with van der Waals surface area (Å²) in [6.45, 7) is 1.66. The SMILES string of the molecule is CNCc1ccc(OCC2CCCC2)cn1. The van der Waals surface area contributed by atoms with E-state index in [0.29, 0.717) is 0 Å². The molecule has 0 atom stereocenters. The molecule has 2 rings (SSSR count). The molecule has 1 heterocycles. The fourth-order valence-electron chi connectivity index (χ4n) is 2.17. The summed E-state index contributed by atoms with van der Waals surface area (Å²) >= 11 is 0. The molecule has 1 aromatic heterocycles. The van der Waals surface area contributed by atoms with Crippen LogP contribution in [0.15, 0.2) is 18.3 Å². The first kappa shape index (κ1) is 11.4. The Kier molecular flexibility index (Phi) is 4.17. The van der Waals surface area contributed by atoms with Gasteiger partial charge in [0.25, 0.3) is 0 Å². The van der Waals surface area contributed by atoms with Crippen molar-refractivity contribution in [1.82, 2.24) is 10.3 Å². The van der Waals surface area contributed by atoms with E-state index >= 15 is 0 Å². The summed E-state index contributed by atoms with van der Waals surface area (Å²) in [4.78, 5) is 4.33. The van der Waals surface area contributed by atoms with Gasteiger partial charge in [0.2, 0.25) is 0 Å². The predicted octanol–water partition coefficient (Wildman–Crippen LogP) is 2.37. The van der Waals surface area contributed by atoms with Crippen LogP contribution in [0.2, 0.25) is 0 Å². The van der Waals surface area contributed by atoms with E-state index in [4.69, 9.17) is 4.74 Å². The van der Waals surface area contributed by atoms with E-state index in [1.807, 2.05) is 25.4 Å². The summed E-state index contributed by atoms with van der Waals surface area (Å²) in [5.74, 6) is 1.66. The Hall–Kier alpha value is -1.09. The van der Waals surface area contributed by atoms with Crippen molar-refractivity contribution in [2.75, 3.05) is 13.7 Å². The van der Waals surface area contributed by atoms with E-state index in [9.17, 15) is 0 Å². The summed E-state index contributed by atoms with van der Waals surface area (Å²) in [5.41, 5.74) is 1.05. The number of pyridine rings is 1. The van der Waals surface area contributed by atoms with Gasteiger partial charge in [-0.25, -0.2) is 0 Å². The number of ether oxygens (including phenoxy) is 1. The summed E-state index contributed by atoms with van der Waals surface area (Å²) in [6, 6.07) is 4.02. The van der Waals surface area contributed by atoms with Gasteiger partial charge in [0.1, 0.15) is 5.75 Å². The highest BCUT2D eigenvalue weighted by Crippen LogP contribution is 2.25. The summed E-state index contributed by atoms with van der Waals surface area (Å²) in [7, 11) is 1.92. The lowest BCUT2D eigenvalue weighted by Crippen LogP contribution is -2.09. The van der Waals surface area contributed by atoms with Gasteiger partial charge in [-0.05, 0) is 37.9 Å². The largest absolute Gasteiger partial charge is 0.492 e. The molecule has 3 heteroatoms. The minimum atomic E-state index is 0.761. The third-order valence-corrected chi connectivity index (χ3v) is 3.12. The van der Waals surface area contributed by atoms with Crippen molar-refractivity contribution in [2.45, 2.75) is 32.2 Å². The lowest BCUT2D eigenvalue weighted by molar-refractivity contribution is 0.251. The van der Waals surface area contributed by atoms with Gasteiger partial charge in [-0.15, -0.1) is 0 Å². The maximum Gasteiger partial charge on any atom is 0.137 e. The average molecular weight is 220 g/mol. The average Bonchev–Trinajstić information content (AvgIpc) is 2.82. The van der Waals surface area contributed by atoms with E-state index < -0.39 is 0 Å². The maximum atomic E-state index is 5.74. The molecule has 1 aromatic rings. The summed E-state index contributed by atoms with van der Waals surface area (Å²) in [5, 5.41) is 3.08. The zero-order valence-electron chi connectivity index (χ0n) is 9.91. The van der Waals surface area contributed by atoms with Crippen molar-refractivity contribution >= 4 is 0 Å². The Balaban J connectivity index is 1.80. The summed E-state index contributed by atoms with van der Waals surface area (Å²) < 4.78 is 5.74. The molecule has 1 N–H and O–H groups in total. The van der Waals surface area contributed by atoms with Gasteiger partial charge in [0.05, 0.1) is 18.5 Å². The second kappa shape index (κ2) is 5.85. The van der Waals surface area contributed by atoms with Gasteiger partial charge < -0.3 is 10.1 Å². The highest BCUT2D eigenvalue weighted by atomic mass is 16.5. The van der Waals surface area contributed by atoms with E-state index in [0.717, 1.165) is 30.5 Å². The lowest BCUT2D eigenvalue weighted by Gasteiger charge is -2.11. The number of nitrogens with zero attached hydrogens (tertiary/aromatic N) is 1. The third-order valence-electron chi connectivity index (χ3n) is 3.12. The molecule has 0 unspecified atom stereocenters. The molecule has 0 radical (unpaired) electrons. The molecule has 88 valence electrons. The van der Waals surface area contributed by atoms with E-state index in [-0.39, 0.29) is 0 Å². The molecule has 0 aromatic carbocycles. The van der Waals surface area contributed by atoms with Gasteiger partial charge in [0.15, 0.2) is 0 Å². The quantitative estimate of drug-likeness (QED) is 0.827. The molecule has 1 saturated carbocycles. The second-order valence-electron chi connectivity index (χ2n) is 4.48. The Morgan fingerprint density at radius 3 is 2.81 bits per heavy atom. The predicted molar refractivity (Wildman–Crippen MR) is 64.5 cm³/mol. The molecule has 1 aliphatic carbocycles. The van der Waals surface area contributed by atoms with Crippen LogP contribution in [0.3, 0.4) is 0 Å². The smallest absolute Gasteiger partial charge is 0.137 e. The number of aromatic nitrogens is 1. The van der Waals surface area contributed by atoms with Crippen LogP contribution >= 0.6 is 0 Å². The minimum absolute atomic E-state index is 0.761. The van der Waals surface area contributed by atoms with Crippen LogP contribution in [0, 0.1) is 5.92 Å². The first-order valence-corrected chi connectivity index (χ1v) is 6.11. The van der Waals surface area contributed by atoms with Crippen LogP contribution in [-0.4, -0.2) is 18.6 Å². The molecule has 0 amide bonds. The highest BCUT2D eigenvalue weighted by molar-refractivity contribution is 5.19. The van der Waals surface area contributed by atoms with E-state index in [1.54, 1.807) is 0 Å². The van der Waals surface area contributed by atoms with E-state index in [2.05, 4.69) is 10.3 Å². The Labute approximate surface area is 97.2 Å². The molecule has 16 heavy (non-hydrogen) atoms. The van der Waals surface area contributed by atoms with Crippen LogP contribution in [0.4, 0.5) is 0 Å². The van der Waals surface area contributed by atoms with Gasteiger partial charge in [-0.3, -0.25) is 4.98 Å². The second-order valence-corrected chi connectivity index (χ2v) is 4.48. The van der Waals surface area contributed by atoms with Crippen LogP contribution in [0.5, 0.6) is 5.75 Å². The zero-order chi connectivity index (χ0) is 11.2. The number of hydrogen-bond acceptors (Lipinski definition) is 3. The van der Waals surface area contributed by atoms with Crippen molar-refractivity contribution in [1.29, 1.82) is 0 Å². The molecule has 1 aliphatic rings. The maximum absolute atomic E-state index is 5.74. The van der Waals surface area contributed by atoms with Crippen molar-refractivity contribution in [3.05, 3.63) is 24.0 Å². The highest BCUT2D eigenvalue weighted by Gasteiger charge is 2.15. The fraction of sp³-hybridized carbons (Fsp3) is 0.615. The van der Waals surface area contributed by atoms with Gasteiger partial charge in [-0.1, -0.05) is 12.8 Å². The van der Waals surface area contributed by atoms with Crippen LogP contribution in [0.1, 0.15) is 31.4 Å². The Morgan fingerprint density at radius 2 is 2.19 bits per heavy atom. The number of rotatable bonds is 5. The molecular formula is C13H20N2O. The monoisotopic (exact) mass is 220 g/mol. The summed E-state index contributed by atoms with van der Waals surface area (Å²) in [6.07, 6.45) is 7.21. The molecule has 0 saturated heterocycles. The third kappa shape index (κ3) is 3.20. The van der Waals surface area contributed by atoms with Crippen molar-refractivity contribution < 1.29 is 4.74 Å². The van der Waals surface area contributed by atoms with Gasteiger partial charge in [-0.2, -0.15) is 0 Å². The first-order valence-electron chi connectivity index (χ1n) is 6.11. The Bertz CT molecular complexity index is 304. The normalized spacial score (nSPS) is 16.6. The standard InChI is InChI=1S/C13H20N2O/c1-14-8-12-6-7-13(9-15-12)16-10-11-4-2-3-5-11/h6-7,9,11,14H,2-5,8,10H2,1H3. The number of hydrogen-bond donors (Lipinski definition) is 1. The Morgan fingerprint density at radius 1 is 1.38 bits per heavy atom. The molecule has 0 bridgehead atoms. The molecule has 1 fully saturated rings. The van der Waals surface area contributed by atoms with Crippen molar-refractivity contribution in [3.8, 4) is 5.75 Å². The first-order chi connectivity index (χ1) is 7.88. The van der Waals surface area contributed by atoms with Crippen molar-refractivity contribution in [2.24, 2.45) is 5.92 Å². The zero-order valence-corrected chi connectivity index (χ0v) is 9.91. The van der Waals surface area contributed by atoms with E-state index in [1.165, 1.54) is 25.7 Å². The molecule has 3 nitrogen and oxygen atoms in total. The lowest BCUT2D eigenvalue weighted by atomic mass is 10.1. The molecule has 0 spiro atoms. The minimum Gasteiger partial charge on any atom is -0.492 e. The van der Waals surface area contributed by atoms with Crippen LogP contribution in [-0.2, 0) is 6.54 Å². The van der Waals surface area contributed by atoms with Crippen molar-refractivity contribution in [3.63, 3.8) is 0 Å². The number of nitrogens with one attached hydrogen (secondary N) is 1.